The number of ketones is 1. The van der Waals surface area contributed by atoms with Crippen LogP contribution in [0, 0.1) is 5.92 Å². The maximum atomic E-state index is 11.4. The Morgan fingerprint density at radius 2 is 2.13 bits per heavy atom. The van der Waals surface area contributed by atoms with Crippen molar-refractivity contribution in [2.24, 2.45) is 5.92 Å². The van der Waals surface area contributed by atoms with Crippen molar-refractivity contribution in [3.05, 3.63) is 0 Å². The summed E-state index contributed by atoms with van der Waals surface area (Å²) in [5.74, 6) is 0.913. The third-order valence-electron chi connectivity index (χ3n) is 3.17. The van der Waals surface area contributed by atoms with Gasteiger partial charge < -0.3 is 5.11 Å². The van der Waals surface area contributed by atoms with E-state index in [0.717, 1.165) is 12.8 Å². The third-order valence-corrected chi connectivity index (χ3v) is 3.17. The van der Waals surface area contributed by atoms with Crippen LogP contribution in [0.3, 0.4) is 0 Å². The molecule has 1 N–H and O–H groups in total. The van der Waals surface area contributed by atoms with Crippen LogP contribution in [0.2, 0.25) is 0 Å². The molecule has 0 aromatic carbocycles. The van der Waals surface area contributed by atoms with Crippen molar-refractivity contribution in [3.63, 3.8) is 0 Å². The number of rotatable bonds is 3. The first kappa shape index (κ1) is 12.7. The minimum Gasteiger partial charge on any atom is -0.389 e. The molecule has 1 fully saturated rings. The van der Waals surface area contributed by atoms with Crippen LogP contribution in [0.5, 0.6) is 0 Å². The van der Waals surface area contributed by atoms with E-state index in [-0.39, 0.29) is 0 Å². The van der Waals surface area contributed by atoms with E-state index in [0.29, 0.717) is 30.7 Å². The molecule has 0 spiro atoms. The molecule has 1 rings (SSSR count). The summed E-state index contributed by atoms with van der Waals surface area (Å²) in [5.41, 5.74) is -0.686. The third kappa shape index (κ3) is 3.92. The van der Waals surface area contributed by atoms with Crippen molar-refractivity contribution in [1.29, 1.82) is 0 Å². The zero-order valence-electron chi connectivity index (χ0n) is 10.3. The van der Waals surface area contributed by atoms with Gasteiger partial charge in [0.15, 0.2) is 0 Å². The van der Waals surface area contributed by atoms with Crippen molar-refractivity contribution in [3.8, 4) is 0 Å². The highest BCUT2D eigenvalue weighted by atomic mass is 16.3. The predicted molar refractivity (Wildman–Crippen MR) is 60.7 cm³/mol. The molecule has 1 aliphatic carbocycles. The monoisotopic (exact) mass is 213 g/mol. The minimum atomic E-state index is -0.686. The summed E-state index contributed by atoms with van der Waals surface area (Å²) < 4.78 is 0. The average molecular weight is 213 g/mol. The van der Waals surface area contributed by atoms with Crippen molar-refractivity contribution in [2.45, 2.75) is 51.7 Å². The standard InChI is InChI=1S/C12H23NO2/c1-9-5-6-10(14)7-11(9)13(4)8-12(2,3)15/h9,11,15H,5-8H2,1-4H3. The van der Waals surface area contributed by atoms with E-state index >= 15 is 0 Å². The van der Waals surface area contributed by atoms with Gasteiger partial charge in [-0.3, -0.25) is 9.69 Å². The van der Waals surface area contributed by atoms with Gasteiger partial charge in [-0.25, -0.2) is 0 Å². The Morgan fingerprint density at radius 3 is 2.67 bits per heavy atom. The Balaban J connectivity index is 2.57. The van der Waals surface area contributed by atoms with E-state index in [2.05, 4.69) is 11.8 Å². The normalized spacial score (nSPS) is 28.5. The maximum absolute atomic E-state index is 11.4. The maximum Gasteiger partial charge on any atom is 0.134 e. The summed E-state index contributed by atoms with van der Waals surface area (Å²) in [5, 5.41) is 9.74. The number of Topliss-reactive ketones (excluding diaryl/α,β-unsaturated/α-hetero) is 1. The zero-order chi connectivity index (χ0) is 11.6. The molecule has 15 heavy (non-hydrogen) atoms. The lowest BCUT2D eigenvalue weighted by Crippen LogP contribution is -2.47. The fraction of sp³-hybridized carbons (Fsp3) is 0.917. The van der Waals surface area contributed by atoms with Crippen LogP contribution in [0.4, 0.5) is 0 Å². The van der Waals surface area contributed by atoms with E-state index in [1.807, 2.05) is 7.05 Å². The molecule has 0 radical (unpaired) electrons. The van der Waals surface area contributed by atoms with Crippen LogP contribution in [0.25, 0.3) is 0 Å². The summed E-state index contributed by atoms with van der Waals surface area (Å²) in [7, 11) is 2.00. The van der Waals surface area contributed by atoms with Crippen LogP contribution in [0.15, 0.2) is 0 Å². The number of likely N-dealkylation sites (N-methyl/N-ethyl adjacent to an activating group) is 1. The quantitative estimate of drug-likeness (QED) is 0.771. The Hall–Kier alpha value is -0.410. The first-order valence-corrected chi connectivity index (χ1v) is 5.74. The highest BCUT2D eigenvalue weighted by molar-refractivity contribution is 5.79. The molecule has 3 nitrogen and oxygen atoms in total. The summed E-state index contributed by atoms with van der Waals surface area (Å²) in [6, 6.07) is 0.303. The molecule has 0 saturated heterocycles. The van der Waals surface area contributed by atoms with Gasteiger partial charge in [-0.2, -0.15) is 0 Å². The molecule has 2 atom stereocenters. The predicted octanol–water partition coefficient (Wildman–Crippen LogP) is 1.45. The number of carbonyl (C=O) groups is 1. The number of hydrogen-bond acceptors (Lipinski definition) is 3. The molecule has 88 valence electrons. The minimum absolute atomic E-state index is 0.303. The topological polar surface area (TPSA) is 40.5 Å². The summed E-state index contributed by atoms with van der Waals surface area (Å²) in [6.07, 6.45) is 2.36. The number of aliphatic hydroxyl groups is 1. The van der Waals surface area contributed by atoms with Crippen molar-refractivity contribution in [2.75, 3.05) is 13.6 Å². The molecular formula is C12H23NO2. The highest BCUT2D eigenvalue weighted by Crippen LogP contribution is 2.26. The molecule has 1 saturated carbocycles. The van der Waals surface area contributed by atoms with Crippen molar-refractivity contribution in [1.82, 2.24) is 4.90 Å². The Labute approximate surface area is 92.5 Å². The lowest BCUT2D eigenvalue weighted by atomic mass is 9.84. The Morgan fingerprint density at radius 1 is 1.53 bits per heavy atom. The molecular weight excluding hydrogens is 190 g/mol. The molecule has 0 heterocycles. The van der Waals surface area contributed by atoms with Crippen LogP contribution in [-0.4, -0.2) is 41.0 Å². The van der Waals surface area contributed by atoms with Gasteiger partial charge in [-0.1, -0.05) is 6.92 Å². The molecule has 0 amide bonds. The number of hydrogen-bond donors (Lipinski definition) is 1. The second-order valence-electron chi connectivity index (χ2n) is 5.55. The molecule has 0 aromatic heterocycles. The summed E-state index contributed by atoms with van der Waals surface area (Å²) in [6.45, 7) is 6.42. The van der Waals surface area contributed by atoms with Crippen molar-refractivity contribution < 1.29 is 9.90 Å². The molecule has 0 aromatic rings. The molecule has 2 unspecified atom stereocenters. The van der Waals surface area contributed by atoms with Gasteiger partial charge in [0, 0.05) is 25.4 Å². The van der Waals surface area contributed by atoms with Gasteiger partial charge >= 0.3 is 0 Å². The Kier molecular flexibility index (Phi) is 3.90. The lowest BCUT2D eigenvalue weighted by molar-refractivity contribution is -0.123. The second kappa shape index (κ2) is 4.62. The van der Waals surface area contributed by atoms with Gasteiger partial charge in [0.1, 0.15) is 5.78 Å². The fourth-order valence-corrected chi connectivity index (χ4v) is 2.44. The highest BCUT2D eigenvalue weighted by Gasteiger charge is 2.31. The van der Waals surface area contributed by atoms with Gasteiger partial charge in [0.25, 0.3) is 0 Å². The summed E-state index contributed by atoms with van der Waals surface area (Å²) in [4.78, 5) is 13.5. The SMILES string of the molecule is CC1CCC(=O)CC1N(C)CC(C)(C)O. The van der Waals surface area contributed by atoms with E-state index in [1.165, 1.54) is 0 Å². The largest absolute Gasteiger partial charge is 0.389 e. The van der Waals surface area contributed by atoms with Crippen LogP contribution < -0.4 is 0 Å². The van der Waals surface area contributed by atoms with Gasteiger partial charge in [-0.15, -0.1) is 0 Å². The van der Waals surface area contributed by atoms with E-state index in [1.54, 1.807) is 13.8 Å². The Bertz CT molecular complexity index is 232. The first-order chi connectivity index (χ1) is 6.79. The number of carbonyl (C=O) groups excluding carboxylic acids is 1. The smallest absolute Gasteiger partial charge is 0.134 e. The van der Waals surface area contributed by atoms with Gasteiger partial charge in [0.2, 0.25) is 0 Å². The zero-order valence-corrected chi connectivity index (χ0v) is 10.3. The average Bonchev–Trinajstić information content (AvgIpc) is 2.06. The first-order valence-electron chi connectivity index (χ1n) is 5.74. The van der Waals surface area contributed by atoms with Crippen LogP contribution >= 0.6 is 0 Å². The van der Waals surface area contributed by atoms with Crippen LogP contribution in [0.1, 0.15) is 40.0 Å². The molecule has 3 heteroatoms. The van der Waals surface area contributed by atoms with Crippen LogP contribution in [-0.2, 0) is 4.79 Å². The van der Waals surface area contributed by atoms with Crippen molar-refractivity contribution >= 4 is 5.78 Å². The summed E-state index contributed by atoms with van der Waals surface area (Å²) >= 11 is 0. The van der Waals surface area contributed by atoms with Gasteiger partial charge in [0.05, 0.1) is 5.60 Å². The van der Waals surface area contributed by atoms with Gasteiger partial charge in [-0.05, 0) is 33.2 Å². The molecule has 1 aliphatic rings. The molecule has 0 aliphatic heterocycles. The van der Waals surface area contributed by atoms with E-state index in [9.17, 15) is 9.90 Å². The fourth-order valence-electron chi connectivity index (χ4n) is 2.44. The molecule has 0 bridgehead atoms. The lowest BCUT2D eigenvalue weighted by Gasteiger charge is -2.38. The second-order valence-corrected chi connectivity index (χ2v) is 5.55. The van der Waals surface area contributed by atoms with E-state index < -0.39 is 5.60 Å². The number of nitrogens with zero attached hydrogens (tertiary/aromatic N) is 1. The van der Waals surface area contributed by atoms with E-state index in [4.69, 9.17) is 0 Å².